The van der Waals surface area contributed by atoms with Crippen molar-refractivity contribution in [3.63, 3.8) is 0 Å². The molecule has 4 aromatic rings. The topological polar surface area (TPSA) is 86.4 Å². The maximum Gasteiger partial charge on any atom is 0.182 e. The van der Waals surface area contributed by atoms with Gasteiger partial charge in [0.1, 0.15) is 11.8 Å². The number of fused-ring (bicyclic) bond motifs is 2. The van der Waals surface area contributed by atoms with Crippen LogP contribution in [0, 0.1) is 0 Å². The van der Waals surface area contributed by atoms with Crippen LogP contribution < -0.4 is 4.90 Å². The lowest BCUT2D eigenvalue weighted by molar-refractivity contribution is 0.712. The SMILES string of the molecule is Clc1cccc(-c2n[nH]c3c2CN(c2ncnc4nc[nH]c24)CC3)c1. The van der Waals surface area contributed by atoms with Crippen LogP contribution in [0.2, 0.25) is 5.02 Å². The molecular formula is C17H14ClN7. The molecule has 8 heteroatoms. The monoisotopic (exact) mass is 351 g/mol. The zero-order valence-corrected chi connectivity index (χ0v) is 14.0. The summed E-state index contributed by atoms with van der Waals surface area (Å²) in [6.07, 6.45) is 4.08. The van der Waals surface area contributed by atoms with E-state index in [4.69, 9.17) is 11.6 Å². The fraction of sp³-hybridized carbons (Fsp3) is 0.176. The van der Waals surface area contributed by atoms with Gasteiger partial charge >= 0.3 is 0 Å². The molecule has 0 saturated heterocycles. The molecule has 5 rings (SSSR count). The summed E-state index contributed by atoms with van der Waals surface area (Å²) in [5.74, 6) is 0.867. The van der Waals surface area contributed by atoms with Crippen molar-refractivity contribution in [1.29, 1.82) is 0 Å². The molecule has 0 saturated carbocycles. The zero-order valence-electron chi connectivity index (χ0n) is 13.2. The Morgan fingerprint density at radius 3 is 3.04 bits per heavy atom. The van der Waals surface area contributed by atoms with Crippen LogP contribution in [0.5, 0.6) is 0 Å². The molecule has 1 aliphatic heterocycles. The summed E-state index contributed by atoms with van der Waals surface area (Å²) in [4.78, 5) is 18.2. The summed E-state index contributed by atoms with van der Waals surface area (Å²) in [5.41, 5.74) is 5.84. The number of nitrogens with one attached hydrogen (secondary N) is 2. The molecule has 2 N–H and O–H groups in total. The van der Waals surface area contributed by atoms with Gasteiger partial charge in [-0.2, -0.15) is 5.10 Å². The van der Waals surface area contributed by atoms with Crippen molar-refractivity contribution in [1.82, 2.24) is 30.1 Å². The molecule has 1 aliphatic rings. The summed E-state index contributed by atoms with van der Waals surface area (Å²) in [6, 6.07) is 7.78. The second-order valence-corrected chi connectivity index (χ2v) is 6.45. The summed E-state index contributed by atoms with van der Waals surface area (Å²) in [7, 11) is 0. The Kier molecular flexibility index (Phi) is 3.21. The van der Waals surface area contributed by atoms with Gasteiger partial charge in [-0.15, -0.1) is 0 Å². The number of aromatic nitrogens is 6. The molecule has 0 spiro atoms. The van der Waals surface area contributed by atoms with Crippen molar-refractivity contribution >= 4 is 28.6 Å². The first kappa shape index (κ1) is 14.4. The Morgan fingerprint density at radius 1 is 1.16 bits per heavy atom. The second kappa shape index (κ2) is 5.56. The van der Waals surface area contributed by atoms with Gasteiger partial charge in [0.2, 0.25) is 0 Å². The third kappa shape index (κ3) is 2.35. The Morgan fingerprint density at radius 2 is 2.12 bits per heavy atom. The fourth-order valence-electron chi connectivity index (χ4n) is 3.34. The van der Waals surface area contributed by atoms with Crippen molar-refractivity contribution in [2.45, 2.75) is 13.0 Å². The predicted molar refractivity (Wildman–Crippen MR) is 95.5 cm³/mol. The van der Waals surface area contributed by atoms with Gasteiger partial charge < -0.3 is 9.88 Å². The van der Waals surface area contributed by atoms with Crippen LogP contribution in [0.25, 0.3) is 22.4 Å². The van der Waals surface area contributed by atoms with E-state index in [2.05, 4.69) is 35.0 Å². The average molecular weight is 352 g/mol. The molecule has 0 bridgehead atoms. The molecule has 0 atom stereocenters. The van der Waals surface area contributed by atoms with E-state index in [0.717, 1.165) is 42.1 Å². The van der Waals surface area contributed by atoms with Crippen LogP contribution in [0.4, 0.5) is 5.82 Å². The number of benzene rings is 1. The van der Waals surface area contributed by atoms with Crippen molar-refractivity contribution < 1.29 is 0 Å². The molecule has 0 unspecified atom stereocenters. The van der Waals surface area contributed by atoms with Gasteiger partial charge in [0.05, 0.1) is 12.0 Å². The first-order valence-corrected chi connectivity index (χ1v) is 8.38. The summed E-state index contributed by atoms with van der Waals surface area (Å²) in [6.45, 7) is 1.58. The fourth-order valence-corrected chi connectivity index (χ4v) is 3.53. The zero-order chi connectivity index (χ0) is 16.8. The molecule has 0 fully saturated rings. The highest BCUT2D eigenvalue weighted by molar-refractivity contribution is 6.30. The molecule has 25 heavy (non-hydrogen) atoms. The molecule has 3 aromatic heterocycles. The highest BCUT2D eigenvalue weighted by Crippen LogP contribution is 2.32. The largest absolute Gasteiger partial charge is 0.350 e. The number of halogens is 1. The first-order valence-electron chi connectivity index (χ1n) is 8.00. The van der Waals surface area contributed by atoms with Gasteiger partial charge in [0.15, 0.2) is 11.5 Å². The van der Waals surface area contributed by atoms with Crippen LogP contribution >= 0.6 is 11.6 Å². The van der Waals surface area contributed by atoms with Gasteiger partial charge in [-0.05, 0) is 12.1 Å². The van der Waals surface area contributed by atoms with Gasteiger partial charge in [0, 0.05) is 41.4 Å². The number of aromatic amines is 2. The quantitative estimate of drug-likeness (QED) is 0.580. The summed E-state index contributed by atoms with van der Waals surface area (Å²) < 4.78 is 0. The number of nitrogens with zero attached hydrogens (tertiary/aromatic N) is 5. The average Bonchev–Trinajstić information content (AvgIpc) is 3.27. The Labute approximate surface area is 148 Å². The molecule has 1 aromatic carbocycles. The lowest BCUT2D eigenvalue weighted by atomic mass is 10.0. The summed E-state index contributed by atoms with van der Waals surface area (Å²) >= 11 is 6.15. The molecule has 0 amide bonds. The van der Waals surface area contributed by atoms with E-state index in [-0.39, 0.29) is 0 Å². The van der Waals surface area contributed by atoms with Gasteiger partial charge in [-0.1, -0.05) is 23.7 Å². The number of H-pyrrole nitrogens is 2. The minimum atomic E-state index is 0.679. The Bertz CT molecular complexity index is 1070. The third-order valence-electron chi connectivity index (χ3n) is 4.53. The van der Waals surface area contributed by atoms with Crippen LogP contribution in [0.3, 0.4) is 0 Å². The second-order valence-electron chi connectivity index (χ2n) is 6.01. The van der Waals surface area contributed by atoms with E-state index in [9.17, 15) is 0 Å². The first-order chi connectivity index (χ1) is 12.3. The van der Waals surface area contributed by atoms with Gasteiger partial charge in [0.25, 0.3) is 0 Å². The summed E-state index contributed by atoms with van der Waals surface area (Å²) in [5, 5.41) is 8.41. The van der Waals surface area contributed by atoms with Crippen LogP contribution in [-0.2, 0) is 13.0 Å². The molecule has 7 nitrogen and oxygen atoms in total. The predicted octanol–water partition coefficient (Wildman–Crippen LogP) is 2.96. The molecule has 4 heterocycles. The minimum Gasteiger partial charge on any atom is -0.350 e. The van der Waals surface area contributed by atoms with Crippen molar-refractivity contribution in [2.24, 2.45) is 0 Å². The number of hydrogen-bond acceptors (Lipinski definition) is 5. The number of imidazole rings is 1. The Hall–Kier alpha value is -2.93. The number of rotatable bonds is 2. The van der Waals surface area contributed by atoms with Crippen LogP contribution in [0.1, 0.15) is 11.3 Å². The van der Waals surface area contributed by atoms with E-state index < -0.39 is 0 Å². The van der Waals surface area contributed by atoms with E-state index in [1.807, 2.05) is 24.3 Å². The highest BCUT2D eigenvalue weighted by atomic mass is 35.5. The number of hydrogen-bond donors (Lipinski definition) is 2. The van der Waals surface area contributed by atoms with Crippen LogP contribution in [0.15, 0.2) is 36.9 Å². The van der Waals surface area contributed by atoms with E-state index in [1.165, 1.54) is 11.3 Å². The minimum absolute atomic E-state index is 0.679. The van der Waals surface area contributed by atoms with E-state index in [0.29, 0.717) is 10.7 Å². The lowest BCUT2D eigenvalue weighted by Gasteiger charge is -2.28. The maximum atomic E-state index is 6.15. The van der Waals surface area contributed by atoms with Gasteiger partial charge in [-0.3, -0.25) is 5.10 Å². The molecule has 0 radical (unpaired) electrons. The van der Waals surface area contributed by atoms with Crippen LogP contribution in [-0.4, -0.2) is 36.7 Å². The third-order valence-corrected chi connectivity index (χ3v) is 4.77. The van der Waals surface area contributed by atoms with E-state index >= 15 is 0 Å². The van der Waals surface area contributed by atoms with Crippen molar-refractivity contribution in [2.75, 3.05) is 11.4 Å². The normalized spacial score (nSPS) is 14.0. The molecule has 0 aliphatic carbocycles. The lowest BCUT2D eigenvalue weighted by Crippen LogP contribution is -2.31. The standard InChI is InChI=1S/C17H14ClN7/c18-11-3-1-2-10(6-11)14-12-7-25(5-4-13(12)23-24-14)17-15-16(20-8-19-15)21-9-22-17/h1-3,6,8-9H,4-5,7H2,(H,23,24)(H,19,20,21,22). The maximum absolute atomic E-state index is 6.15. The highest BCUT2D eigenvalue weighted by Gasteiger charge is 2.25. The van der Waals surface area contributed by atoms with Crippen molar-refractivity contribution in [3.05, 3.63) is 53.2 Å². The number of anilines is 1. The van der Waals surface area contributed by atoms with Gasteiger partial charge in [-0.25, -0.2) is 15.0 Å². The molecule has 124 valence electrons. The smallest absolute Gasteiger partial charge is 0.182 e. The van der Waals surface area contributed by atoms with E-state index in [1.54, 1.807) is 12.7 Å². The molecular weight excluding hydrogens is 338 g/mol. The van der Waals surface area contributed by atoms with Crippen molar-refractivity contribution in [3.8, 4) is 11.3 Å². The Balaban J connectivity index is 1.56.